The van der Waals surface area contributed by atoms with Crippen LogP contribution in [0.5, 0.6) is 11.5 Å². The molecule has 102 valence electrons. The zero-order chi connectivity index (χ0) is 13.5. The standard InChI is InChI=1S/C14H17NO4/c1-15(13(17)14(8-16)5-2-6-14)10-3-4-11-12(7-10)19-9-18-11/h3-4,7,16H,2,5-6,8-9H2,1H3. The van der Waals surface area contributed by atoms with Gasteiger partial charge in [-0.05, 0) is 25.0 Å². The van der Waals surface area contributed by atoms with Gasteiger partial charge in [0.25, 0.3) is 0 Å². The van der Waals surface area contributed by atoms with Gasteiger partial charge in [-0.3, -0.25) is 4.79 Å². The van der Waals surface area contributed by atoms with E-state index in [9.17, 15) is 9.90 Å². The molecule has 5 nitrogen and oxygen atoms in total. The molecule has 2 aliphatic rings. The average molecular weight is 263 g/mol. The fourth-order valence-corrected chi connectivity index (χ4v) is 2.61. The molecule has 0 radical (unpaired) electrons. The van der Waals surface area contributed by atoms with Crippen molar-refractivity contribution in [2.75, 3.05) is 25.3 Å². The second-order valence-electron chi connectivity index (χ2n) is 5.19. The van der Waals surface area contributed by atoms with Crippen LogP contribution in [0, 0.1) is 5.41 Å². The molecule has 5 heteroatoms. The van der Waals surface area contributed by atoms with Crippen LogP contribution in [0.1, 0.15) is 19.3 Å². The molecular weight excluding hydrogens is 246 g/mol. The van der Waals surface area contributed by atoms with Crippen LogP contribution in [-0.4, -0.2) is 31.5 Å². The molecule has 1 heterocycles. The van der Waals surface area contributed by atoms with E-state index < -0.39 is 5.41 Å². The molecule has 3 rings (SSSR count). The number of carbonyl (C=O) groups excluding carboxylic acids is 1. The van der Waals surface area contributed by atoms with Crippen molar-refractivity contribution in [2.45, 2.75) is 19.3 Å². The predicted octanol–water partition coefficient (Wildman–Crippen LogP) is 1.54. The number of aliphatic hydroxyl groups is 1. The molecule has 1 fully saturated rings. The van der Waals surface area contributed by atoms with Gasteiger partial charge in [0.2, 0.25) is 12.7 Å². The van der Waals surface area contributed by atoms with Crippen LogP contribution in [0.25, 0.3) is 0 Å². The second kappa shape index (κ2) is 4.42. The lowest BCUT2D eigenvalue weighted by molar-refractivity contribution is -0.136. The maximum absolute atomic E-state index is 12.5. The van der Waals surface area contributed by atoms with Crippen LogP contribution < -0.4 is 14.4 Å². The number of aliphatic hydroxyl groups excluding tert-OH is 1. The maximum Gasteiger partial charge on any atom is 0.235 e. The molecule has 1 saturated carbocycles. The number of fused-ring (bicyclic) bond motifs is 1. The molecule has 1 amide bonds. The molecule has 1 N–H and O–H groups in total. The molecule has 1 aromatic carbocycles. The fourth-order valence-electron chi connectivity index (χ4n) is 2.61. The van der Waals surface area contributed by atoms with Crippen molar-refractivity contribution in [1.29, 1.82) is 0 Å². The summed E-state index contributed by atoms with van der Waals surface area (Å²) in [5.41, 5.74) is 0.180. The Morgan fingerprint density at radius 2 is 2.11 bits per heavy atom. The highest BCUT2D eigenvalue weighted by Crippen LogP contribution is 2.43. The lowest BCUT2D eigenvalue weighted by Crippen LogP contribution is -2.49. The third kappa shape index (κ3) is 1.85. The minimum absolute atomic E-state index is 0.0277. The first-order chi connectivity index (χ1) is 9.16. The van der Waals surface area contributed by atoms with E-state index >= 15 is 0 Å². The number of amides is 1. The number of nitrogens with zero attached hydrogens (tertiary/aromatic N) is 1. The maximum atomic E-state index is 12.5. The monoisotopic (exact) mass is 263 g/mol. The highest BCUT2D eigenvalue weighted by Gasteiger charge is 2.45. The summed E-state index contributed by atoms with van der Waals surface area (Å²) in [6.45, 7) is 0.137. The minimum Gasteiger partial charge on any atom is -0.454 e. The van der Waals surface area contributed by atoms with Gasteiger partial charge in [0.1, 0.15) is 0 Å². The van der Waals surface area contributed by atoms with E-state index in [0.29, 0.717) is 11.5 Å². The second-order valence-corrected chi connectivity index (χ2v) is 5.19. The number of hydrogen-bond donors (Lipinski definition) is 1. The Kier molecular flexibility index (Phi) is 2.86. The molecule has 0 bridgehead atoms. The van der Waals surface area contributed by atoms with E-state index in [1.54, 1.807) is 24.1 Å². The van der Waals surface area contributed by atoms with Gasteiger partial charge in [-0.25, -0.2) is 0 Å². The summed E-state index contributed by atoms with van der Waals surface area (Å²) in [5.74, 6) is 1.33. The number of ether oxygens (including phenoxy) is 2. The largest absolute Gasteiger partial charge is 0.454 e. The molecular formula is C14H17NO4. The summed E-state index contributed by atoms with van der Waals surface area (Å²) < 4.78 is 10.6. The summed E-state index contributed by atoms with van der Waals surface area (Å²) in [6.07, 6.45) is 2.52. The molecule has 1 aliphatic heterocycles. The number of anilines is 1. The topological polar surface area (TPSA) is 59.0 Å². The molecule has 0 atom stereocenters. The summed E-state index contributed by atoms with van der Waals surface area (Å²) in [5, 5.41) is 9.47. The van der Waals surface area contributed by atoms with Crippen LogP contribution in [0.2, 0.25) is 0 Å². The van der Waals surface area contributed by atoms with Crippen LogP contribution in [0.3, 0.4) is 0 Å². The zero-order valence-electron chi connectivity index (χ0n) is 10.9. The van der Waals surface area contributed by atoms with Gasteiger partial charge in [0.15, 0.2) is 11.5 Å². The van der Waals surface area contributed by atoms with E-state index in [1.165, 1.54) is 0 Å². The lowest BCUT2D eigenvalue weighted by Gasteiger charge is -2.41. The van der Waals surface area contributed by atoms with E-state index in [-0.39, 0.29) is 19.3 Å². The quantitative estimate of drug-likeness (QED) is 0.898. The van der Waals surface area contributed by atoms with Crippen LogP contribution >= 0.6 is 0 Å². The Balaban J connectivity index is 1.83. The average Bonchev–Trinajstić information content (AvgIpc) is 2.84. The van der Waals surface area contributed by atoms with Gasteiger partial charge < -0.3 is 19.5 Å². The van der Waals surface area contributed by atoms with E-state index in [4.69, 9.17) is 9.47 Å². The predicted molar refractivity (Wildman–Crippen MR) is 69.3 cm³/mol. The lowest BCUT2D eigenvalue weighted by atomic mass is 9.68. The van der Waals surface area contributed by atoms with Gasteiger partial charge in [-0.2, -0.15) is 0 Å². The van der Waals surface area contributed by atoms with Crippen molar-refractivity contribution in [3.05, 3.63) is 18.2 Å². The Morgan fingerprint density at radius 3 is 2.74 bits per heavy atom. The SMILES string of the molecule is CN(C(=O)C1(CO)CCC1)c1ccc2c(c1)OCO2. The van der Waals surface area contributed by atoms with Crippen molar-refractivity contribution in [2.24, 2.45) is 5.41 Å². The molecule has 0 aromatic heterocycles. The Hall–Kier alpha value is -1.75. The molecule has 0 spiro atoms. The summed E-state index contributed by atoms with van der Waals surface area (Å²) in [7, 11) is 1.73. The van der Waals surface area contributed by atoms with Gasteiger partial charge in [0.05, 0.1) is 12.0 Å². The molecule has 1 aliphatic carbocycles. The van der Waals surface area contributed by atoms with Crippen molar-refractivity contribution in [1.82, 2.24) is 0 Å². The molecule has 0 saturated heterocycles. The third-order valence-corrected chi connectivity index (χ3v) is 4.12. The fraction of sp³-hybridized carbons (Fsp3) is 0.500. The minimum atomic E-state index is -0.578. The number of carbonyl (C=O) groups is 1. The van der Waals surface area contributed by atoms with Crippen LogP contribution in [0.15, 0.2) is 18.2 Å². The first-order valence-electron chi connectivity index (χ1n) is 6.45. The van der Waals surface area contributed by atoms with Gasteiger partial charge in [-0.15, -0.1) is 0 Å². The summed E-state index contributed by atoms with van der Waals surface area (Å²) >= 11 is 0. The highest BCUT2D eigenvalue weighted by molar-refractivity contribution is 5.98. The van der Waals surface area contributed by atoms with Crippen molar-refractivity contribution in [3.8, 4) is 11.5 Å². The van der Waals surface area contributed by atoms with E-state index in [1.807, 2.05) is 6.07 Å². The Labute approximate surface area is 111 Å². The van der Waals surface area contributed by atoms with E-state index in [0.717, 1.165) is 24.9 Å². The Bertz CT molecular complexity index is 505. The summed E-state index contributed by atoms with van der Waals surface area (Å²) in [6, 6.07) is 5.42. The van der Waals surface area contributed by atoms with Gasteiger partial charge in [-0.1, -0.05) is 6.42 Å². The smallest absolute Gasteiger partial charge is 0.235 e. The van der Waals surface area contributed by atoms with Gasteiger partial charge in [0, 0.05) is 18.8 Å². The number of hydrogen-bond acceptors (Lipinski definition) is 4. The third-order valence-electron chi connectivity index (χ3n) is 4.12. The number of rotatable bonds is 3. The van der Waals surface area contributed by atoms with E-state index in [2.05, 4.69) is 0 Å². The van der Waals surface area contributed by atoms with Gasteiger partial charge >= 0.3 is 0 Å². The molecule has 0 unspecified atom stereocenters. The van der Waals surface area contributed by atoms with Crippen molar-refractivity contribution < 1.29 is 19.4 Å². The van der Waals surface area contributed by atoms with Crippen molar-refractivity contribution in [3.63, 3.8) is 0 Å². The van der Waals surface area contributed by atoms with Crippen LogP contribution in [-0.2, 0) is 4.79 Å². The summed E-state index contributed by atoms with van der Waals surface area (Å²) in [4.78, 5) is 14.1. The van der Waals surface area contributed by atoms with Crippen LogP contribution in [0.4, 0.5) is 5.69 Å². The first-order valence-corrected chi connectivity index (χ1v) is 6.45. The number of benzene rings is 1. The highest BCUT2D eigenvalue weighted by atomic mass is 16.7. The normalized spacial score (nSPS) is 18.8. The molecule has 19 heavy (non-hydrogen) atoms. The Morgan fingerprint density at radius 1 is 1.37 bits per heavy atom. The first kappa shape index (κ1) is 12.3. The van der Waals surface area contributed by atoms with Crippen molar-refractivity contribution >= 4 is 11.6 Å². The molecule has 1 aromatic rings. The zero-order valence-corrected chi connectivity index (χ0v) is 10.9.